The second kappa shape index (κ2) is 2.91. The van der Waals surface area contributed by atoms with E-state index in [2.05, 4.69) is 0 Å². The van der Waals surface area contributed by atoms with Crippen LogP contribution in [0.3, 0.4) is 0 Å². The molecule has 0 bridgehead atoms. The van der Waals surface area contributed by atoms with E-state index < -0.39 is 22.3 Å². The molecule has 0 spiro atoms. The predicted molar refractivity (Wildman–Crippen MR) is 41.6 cm³/mol. The highest BCUT2D eigenvalue weighted by Crippen LogP contribution is 2.32. The van der Waals surface area contributed by atoms with E-state index in [1.165, 1.54) is 0 Å². The van der Waals surface area contributed by atoms with Crippen LogP contribution in [0.1, 0.15) is 10.4 Å². The summed E-state index contributed by atoms with van der Waals surface area (Å²) in [7, 11) is 0. The van der Waals surface area contributed by atoms with Crippen molar-refractivity contribution in [3.8, 4) is 17.2 Å². The van der Waals surface area contributed by atoms with Crippen molar-refractivity contribution in [3.05, 3.63) is 17.7 Å². The molecule has 0 atom stereocenters. The second-order valence-electron chi connectivity index (χ2n) is 2.13. The van der Waals surface area contributed by atoms with Gasteiger partial charge in [0, 0.05) is 12.1 Å². The third-order valence-electron chi connectivity index (χ3n) is 1.28. The number of carbonyl (C=O) groups is 1. The van der Waals surface area contributed by atoms with Gasteiger partial charge in [-0.2, -0.15) is 0 Å². The minimum atomic E-state index is -0.981. The van der Waals surface area contributed by atoms with Crippen molar-refractivity contribution in [2.45, 2.75) is 0 Å². The first-order valence-corrected chi connectivity index (χ1v) is 3.35. The summed E-state index contributed by atoms with van der Waals surface area (Å²) in [5.74, 6) is -1.44. The van der Waals surface area contributed by atoms with Gasteiger partial charge in [-0.05, 0) is 11.6 Å². The molecule has 64 valence electrons. The Hall–Kier alpha value is -1.42. The third-order valence-corrected chi connectivity index (χ3v) is 1.47. The van der Waals surface area contributed by atoms with Crippen LogP contribution in [0.5, 0.6) is 17.2 Å². The molecule has 0 aliphatic rings. The van der Waals surface area contributed by atoms with Gasteiger partial charge in [-0.15, -0.1) is 0 Å². The Morgan fingerprint density at radius 1 is 1.17 bits per heavy atom. The lowest BCUT2D eigenvalue weighted by Crippen LogP contribution is -1.90. The molecule has 0 saturated heterocycles. The lowest BCUT2D eigenvalue weighted by molar-refractivity contribution is 0.107. The maximum absolute atomic E-state index is 10.6. The van der Waals surface area contributed by atoms with Gasteiger partial charge in [0.25, 0.3) is 5.24 Å². The Bertz CT molecular complexity index is 311. The van der Waals surface area contributed by atoms with Crippen molar-refractivity contribution >= 4 is 16.8 Å². The molecule has 0 fully saturated rings. The molecule has 0 saturated carbocycles. The van der Waals surface area contributed by atoms with Crippen molar-refractivity contribution in [2.24, 2.45) is 0 Å². The van der Waals surface area contributed by atoms with Gasteiger partial charge in [0.15, 0.2) is 0 Å². The van der Waals surface area contributed by atoms with E-state index in [1.54, 1.807) is 0 Å². The molecule has 0 unspecified atom stereocenters. The summed E-state index contributed by atoms with van der Waals surface area (Å²) in [6.07, 6.45) is 0. The van der Waals surface area contributed by atoms with Crippen LogP contribution in [0.25, 0.3) is 0 Å². The van der Waals surface area contributed by atoms with Gasteiger partial charge in [0.2, 0.25) is 0 Å². The highest BCUT2D eigenvalue weighted by Gasteiger charge is 2.15. The van der Waals surface area contributed by atoms with E-state index in [0.29, 0.717) is 0 Å². The minimum absolute atomic E-state index is 0.341. The molecule has 0 aliphatic heterocycles. The first-order valence-electron chi connectivity index (χ1n) is 2.97. The van der Waals surface area contributed by atoms with Crippen LogP contribution in [0.2, 0.25) is 0 Å². The van der Waals surface area contributed by atoms with Gasteiger partial charge in [0.1, 0.15) is 22.8 Å². The van der Waals surface area contributed by atoms with E-state index in [0.717, 1.165) is 12.1 Å². The number of rotatable bonds is 1. The van der Waals surface area contributed by atoms with Crippen molar-refractivity contribution in [3.63, 3.8) is 0 Å². The number of hydrogen-bond donors (Lipinski definition) is 3. The van der Waals surface area contributed by atoms with Gasteiger partial charge in [-0.1, -0.05) is 0 Å². The molecule has 0 aliphatic carbocycles. The Morgan fingerprint density at radius 3 is 1.92 bits per heavy atom. The number of aromatic hydroxyl groups is 3. The normalized spacial score (nSPS) is 9.75. The van der Waals surface area contributed by atoms with E-state index in [9.17, 15) is 4.79 Å². The summed E-state index contributed by atoms with van der Waals surface area (Å²) in [6.45, 7) is 0. The van der Waals surface area contributed by atoms with Crippen molar-refractivity contribution in [1.29, 1.82) is 0 Å². The lowest BCUT2D eigenvalue weighted by Gasteiger charge is -2.02. The van der Waals surface area contributed by atoms with Gasteiger partial charge in [-0.25, -0.2) is 0 Å². The van der Waals surface area contributed by atoms with Gasteiger partial charge in [0.05, 0.1) is 0 Å². The zero-order chi connectivity index (χ0) is 9.30. The SMILES string of the molecule is O=C(Cl)c1c(O)cc(O)cc1O. The maximum atomic E-state index is 10.6. The highest BCUT2D eigenvalue weighted by molar-refractivity contribution is 6.68. The van der Waals surface area contributed by atoms with Crippen LogP contribution in [-0.4, -0.2) is 20.6 Å². The maximum Gasteiger partial charge on any atom is 0.259 e. The number of phenolic OH excluding ortho intramolecular Hbond substituents is 3. The fraction of sp³-hybridized carbons (Fsp3) is 0. The molecule has 4 nitrogen and oxygen atoms in total. The zero-order valence-corrected chi connectivity index (χ0v) is 6.54. The van der Waals surface area contributed by atoms with E-state index in [4.69, 9.17) is 26.9 Å². The quantitative estimate of drug-likeness (QED) is 0.579. The molecule has 0 amide bonds. The molecule has 1 rings (SSSR count). The smallest absolute Gasteiger partial charge is 0.259 e. The van der Waals surface area contributed by atoms with Crippen molar-refractivity contribution in [1.82, 2.24) is 0 Å². The first-order chi connectivity index (χ1) is 5.52. The average molecular weight is 189 g/mol. The average Bonchev–Trinajstić information content (AvgIpc) is 1.82. The first kappa shape index (κ1) is 8.67. The molecule has 12 heavy (non-hydrogen) atoms. The summed E-state index contributed by atoms with van der Waals surface area (Å²) in [5, 5.41) is 25.9. The summed E-state index contributed by atoms with van der Waals surface area (Å²) in [5.41, 5.74) is -0.408. The molecule has 1 aromatic carbocycles. The lowest BCUT2D eigenvalue weighted by atomic mass is 10.2. The molecule has 1 aromatic rings. The molecule has 5 heteroatoms. The van der Waals surface area contributed by atoms with Gasteiger partial charge < -0.3 is 15.3 Å². The van der Waals surface area contributed by atoms with Gasteiger partial charge >= 0.3 is 0 Å². The predicted octanol–water partition coefficient (Wildman–Crippen LogP) is 1.18. The van der Waals surface area contributed by atoms with Crippen LogP contribution in [-0.2, 0) is 0 Å². The van der Waals surface area contributed by atoms with Crippen LogP contribution < -0.4 is 0 Å². The van der Waals surface area contributed by atoms with Gasteiger partial charge in [-0.3, -0.25) is 4.79 Å². The highest BCUT2D eigenvalue weighted by atomic mass is 35.5. The van der Waals surface area contributed by atoms with E-state index in [-0.39, 0.29) is 5.75 Å². The van der Waals surface area contributed by atoms with Crippen LogP contribution >= 0.6 is 11.6 Å². The zero-order valence-electron chi connectivity index (χ0n) is 5.78. The Labute approximate surface area is 72.6 Å². The molecular formula is C7H5ClO4. The largest absolute Gasteiger partial charge is 0.508 e. The Balaban J connectivity index is 3.38. The molecule has 0 heterocycles. The summed E-state index contributed by atoms with van der Waals surface area (Å²) in [6, 6.07) is 1.82. The van der Waals surface area contributed by atoms with Crippen LogP contribution in [0, 0.1) is 0 Å². The van der Waals surface area contributed by atoms with Crippen LogP contribution in [0.15, 0.2) is 12.1 Å². The van der Waals surface area contributed by atoms with E-state index >= 15 is 0 Å². The molecule has 3 N–H and O–H groups in total. The number of hydrogen-bond acceptors (Lipinski definition) is 4. The third kappa shape index (κ3) is 1.43. The molecule has 0 radical (unpaired) electrons. The number of carbonyl (C=O) groups excluding carboxylic acids is 1. The van der Waals surface area contributed by atoms with E-state index in [1.807, 2.05) is 0 Å². The Morgan fingerprint density at radius 2 is 1.58 bits per heavy atom. The fourth-order valence-corrected chi connectivity index (χ4v) is 0.992. The van der Waals surface area contributed by atoms with Crippen molar-refractivity contribution < 1.29 is 20.1 Å². The number of phenols is 3. The van der Waals surface area contributed by atoms with Crippen LogP contribution in [0.4, 0.5) is 0 Å². The fourth-order valence-electron chi connectivity index (χ4n) is 0.799. The minimum Gasteiger partial charge on any atom is -0.508 e. The summed E-state index contributed by atoms with van der Waals surface area (Å²) in [4.78, 5) is 10.6. The summed E-state index contributed by atoms with van der Waals surface area (Å²) < 4.78 is 0. The second-order valence-corrected chi connectivity index (χ2v) is 2.48. The molecule has 0 aromatic heterocycles. The Kier molecular flexibility index (Phi) is 2.10. The monoisotopic (exact) mass is 188 g/mol. The number of benzene rings is 1. The van der Waals surface area contributed by atoms with Crippen molar-refractivity contribution in [2.75, 3.05) is 0 Å². The molecular weight excluding hydrogens is 184 g/mol. The topological polar surface area (TPSA) is 77.8 Å². The standard InChI is InChI=1S/C7H5ClO4/c8-7(12)6-4(10)1-3(9)2-5(6)11/h1-2,9-11H. The number of halogens is 1. The summed E-state index contributed by atoms with van der Waals surface area (Å²) >= 11 is 5.03.